The van der Waals surface area contributed by atoms with Gasteiger partial charge in [0.05, 0.1) is 0 Å². The van der Waals surface area contributed by atoms with Crippen molar-refractivity contribution < 1.29 is 4.79 Å². The van der Waals surface area contributed by atoms with Gasteiger partial charge < -0.3 is 11.1 Å². The van der Waals surface area contributed by atoms with E-state index in [0.29, 0.717) is 12.5 Å². The molecule has 3 nitrogen and oxygen atoms in total. The highest BCUT2D eigenvalue weighted by molar-refractivity contribution is 7.99. The number of nitrogens with two attached hydrogens (primary N) is 1. The van der Waals surface area contributed by atoms with Crippen molar-refractivity contribution >= 4 is 17.7 Å². The van der Waals surface area contributed by atoms with Crippen LogP contribution in [0.15, 0.2) is 0 Å². The standard InChI is InChI=1S/C12H24N2OS/c1-12(2,3)10(13)8-11(15)14-9-4-6-16-7-5-9/h9-10H,4-8,13H2,1-3H3,(H,14,15). The lowest BCUT2D eigenvalue weighted by Crippen LogP contribution is -2.43. The maximum Gasteiger partial charge on any atom is 0.221 e. The highest BCUT2D eigenvalue weighted by atomic mass is 32.2. The summed E-state index contributed by atoms with van der Waals surface area (Å²) in [5, 5.41) is 3.09. The fourth-order valence-corrected chi connectivity index (χ4v) is 2.74. The SMILES string of the molecule is CC(C)(C)C(N)CC(=O)NC1CCSCC1. The van der Waals surface area contributed by atoms with E-state index >= 15 is 0 Å². The summed E-state index contributed by atoms with van der Waals surface area (Å²) in [4.78, 5) is 11.8. The van der Waals surface area contributed by atoms with Gasteiger partial charge in [-0.2, -0.15) is 11.8 Å². The van der Waals surface area contributed by atoms with Gasteiger partial charge >= 0.3 is 0 Å². The van der Waals surface area contributed by atoms with Gasteiger partial charge in [0.1, 0.15) is 0 Å². The van der Waals surface area contributed by atoms with Crippen LogP contribution in [0.5, 0.6) is 0 Å². The zero-order valence-electron chi connectivity index (χ0n) is 10.6. The first kappa shape index (κ1) is 13.8. The quantitative estimate of drug-likeness (QED) is 0.795. The van der Waals surface area contributed by atoms with Crippen LogP contribution < -0.4 is 11.1 Å². The topological polar surface area (TPSA) is 55.1 Å². The molecule has 0 spiro atoms. The van der Waals surface area contributed by atoms with Crippen molar-refractivity contribution in [2.75, 3.05) is 11.5 Å². The van der Waals surface area contributed by atoms with Crippen LogP contribution in [0.2, 0.25) is 0 Å². The van der Waals surface area contributed by atoms with Crippen molar-refractivity contribution in [1.29, 1.82) is 0 Å². The van der Waals surface area contributed by atoms with Gasteiger partial charge in [0.25, 0.3) is 0 Å². The minimum absolute atomic E-state index is 0.000241. The smallest absolute Gasteiger partial charge is 0.221 e. The maximum absolute atomic E-state index is 11.8. The molecule has 0 radical (unpaired) electrons. The van der Waals surface area contributed by atoms with Gasteiger partial charge in [0.2, 0.25) is 5.91 Å². The van der Waals surface area contributed by atoms with Crippen LogP contribution in [0.25, 0.3) is 0 Å². The van der Waals surface area contributed by atoms with E-state index in [2.05, 4.69) is 26.1 Å². The lowest BCUT2D eigenvalue weighted by atomic mass is 9.85. The van der Waals surface area contributed by atoms with E-state index in [-0.39, 0.29) is 17.4 Å². The van der Waals surface area contributed by atoms with Crippen LogP contribution >= 0.6 is 11.8 Å². The Bertz CT molecular complexity index is 232. The van der Waals surface area contributed by atoms with E-state index in [9.17, 15) is 4.79 Å². The summed E-state index contributed by atoms with van der Waals surface area (Å²) in [6, 6.07) is 0.311. The number of amides is 1. The number of thioether (sulfide) groups is 1. The molecule has 1 rings (SSSR count). The first-order valence-electron chi connectivity index (χ1n) is 6.02. The number of rotatable bonds is 3. The Morgan fingerprint density at radius 1 is 1.44 bits per heavy atom. The summed E-state index contributed by atoms with van der Waals surface area (Å²) >= 11 is 1.97. The van der Waals surface area contributed by atoms with E-state index in [1.807, 2.05) is 11.8 Å². The number of carbonyl (C=O) groups excluding carboxylic acids is 1. The molecule has 1 aliphatic heterocycles. The molecule has 0 aliphatic carbocycles. The van der Waals surface area contributed by atoms with Crippen LogP contribution in [0.4, 0.5) is 0 Å². The van der Waals surface area contributed by atoms with Gasteiger partial charge in [-0.05, 0) is 29.8 Å². The first-order chi connectivity index (χ1) is 7.39. The molecule has 1 atom stereocenters. The van der Waals surface area contributed by atoms with E-state index in [4.69, 9.17) is 5.73 Å². The second-order valence-corrected chi connectivity index (χ2v) is 6.86. The van der Waals surface area contributed by atoms with Crippen molar-refractivity contribution in [3.8, 4) is 0 Å². The predicted octanol–water partition coefficient (Wildman–Crippen LogP) is 1.76. The molecule has 4 heteroatoms. The summed E-state index contributed by atoms with van der Waals surface area (Å²) in [7, 11) is 0. The number of carbonyl (C=O) groups is 1. The summed E-state index contributed by atoms with van der Waals surface area (Å²) in [6.07, 6.45) is 2.63. The van der Waals surface area contributed by atoms with E-state index in [1.54, 1.807) is 0 Å². The average molecular weight is 244 g/mol. The Morgan fingerprint density at radius 2 is 2.00 bits per heavy atom. The van der Waals surface area contributed by atoms with Crippen LogP contribution in [-0.4, -0.2) is 29.5 Å². The minimum atomic E-state index is -0.0644. The van der Waals surface area contributed by atoms with Crippen molar-refractivity contribution in [2.24, 2.45) is 11.1 Å². The number of hydrogen-bond donors (Lipinski definition) is 2. The molecule has 0 aromatic carbocycles. The lowest BCUT2D eigenvalue weighted by Gasteiger charge is -2.28. The molecule has 0 saturated carbocycles. The molecule has 94 valence electrons. The van der Waals surface area contributed by atoms with Crippen LogP contribution in [0, 0.1) is 5.41 Å². The van der Waals surface area contributed by atoms with Crippen molar-refractivity contribution in [2.45, 2.75) is 52.1 Å². The summed E-state index contributed by atoms with van der Waals surface area (Å²) in [5.41, 5.74) is 5.99. The molecule has 1 aliphatic rings. The van der Waals surface area contributed by atoms with Gasteiger partial charge in [-0.25, -0.2) is 0 Å². The summed E-state index contributed by atoms with van der Waals surface area (Å²) in [6.45, 7) is 6.21. The maximum atomic E-state index is 11.8. The van der Waals surface area contributed by atoms with Gasteiger partial charge in [-0.15, -0.1) is 0 Å². The van der Waals surface area contributed by atoms with Crippen molar-refractivity contribution in [1.82, 2.24) is 5.32 Å². The fourth-order valence-electron chi connectivity index (χ4n) is 1.63. The molecule has 1 heterocycles. The number of nitrogens with one attached hydrogen (secondary N) is 1. The van der Waals surface area contributed by atoms with Crippen LogP contribution in [0.1, 0.15) is 40.0 Å². The van der Waals surface area contributed by atoms with Crippen molar-refractivity contribution in [3.63, 3.8) is 0 Å². The molecule has 0 aromatic rings. The van der Waals surface area contributed by atoms with Crippen LogP contribution in [-0.2, 0) is 4.79 Å². The Hall–Kier alpha value is -0.220. The molecule has 3 N–H and O–H groups in total. The second kappa shape index (κ2) is 5.92. The van der Waals surface area contributed by atoms with Gasteiger partial charge in [0.15, 0.2) is 0 Å². The molecular formula is C12H24N2OS. The summed E-state index contributed by atoms with van der Waals surface area (Å²) in [5.74, 6) is 2.44. The highest BCUT2D eigenvalue weighted by Gasteiger charge is 2.24. The Morgan fingerprint density at radius 3 is 2.50 bits per heavy atom. The van der Waals surface area contributed by atoms with Gasteiger partial charge in [-0.3, -0.25) is 4.79 Å². The highest BCUT2D eigenvalue weighted by Crippen LogP contribution is 2.20. The van der Waals surface area contributed by atoms with E-state index in [1.165, 1.54) is 0 Å². The third-order valence-corrected chi connectivity index (χ3v) is 4.15. The predicted molar refractivity (Wildman–Crippen MR) is 70.5 cm³/mol. The summed E-state index contributed by atoms with van der Waals surface area (Å²) < 4.78 is 0. The zero-order chi connectivity index (χ0) is 12.2. The molecule has 1 saturated heterocycles. The van der Waals surface area contributed by atoms with Gasteiger partial charge in [0, 0.05) is 18.5 Å². The monoisotopic (exact) mass is 244 g/mol. The third kappa shape index (κ3) is 4.74. The molecule has 0 bridgehead atoms. The fraction of sp³-hybridized carbons (Fsp3) is 0.917. The Balaban J connectivity index is 2.29. The molecule has 16 heavy (non-hydrogen) atoms. The molecule has 1 fully saturated rings. The van der Waals surface area contributed by atoms with Crippen molar-refractivity contribution in [3.05, 3.63) is 0 Å². The normalized spacial score (nSPS) is 20.5. The Labute approximate surface area is 103 Å². The third-order valence-electron chi connectivity index (χ3n) is 3.10. The van der Waals surface area contributed by atoms with Gasteiger partial charge in [-0.1, -0.05) is 20.8 Å². The minimum Gasteiger partial charge on any atom is -0.353 e. The second-order valence-electron chi connectivity index (χ2n) is 5.63. The Kier molecular flexibility index (Phi) is 5.12. The van der Waals surface area contributed by atoms with E-state index < -0.39 is 0 Å². The van der Waals surface area contributed by atoms with Crippen LogP contribution in [0.3, 0.4) is 0 Å². The first-order valence-corrected chi connectivity index (χ1v) is 7.18. The molecule has 1 amide bonds. The molecular weight excluding hydrogens is 220 g/mol. The molecule has 1 unspecified atom stereocenters. The largest absolute Gasteiger partial charge is 0.353 e. The molecule has 0 aromatic heterocycles. The average Bonchev–Trinajstić information content (AvgIpc) is 2.17. The zero-order valence-corrected chi connectivity index (χ0v) is 11.4. The number of hydrogen-bond acceptors (Lipinski definition) is 3. The van der Waals surface area contributed by atoms with E-state index in [0.717, 1.165) is 24.3 Å². The lowest BCUT2D eigenvalue weighted by molar-refractivity contribution is -0.122.